The van der Waals surface area contributed by atoms with E-state index >= 15 is 0 Å². The fraction of sp³-hybridized carbons (Fsp3) is 0.588. The quantitative estimate of drug-likeness (QED) is 0.547. The zero-order valence-electron chi connectivity index (χ0n) is 13.2. The van der Waals surface area contributed by atoms with Gasteiger partial charge in [0.2, 0.25) is 0 Å². The van der Waals surface area contributed by atoms with Gasteiger partial charge in [0, 0.05) is 13.0 Å². The Morgan fingerprint density at radius 3 is 2.60 bits per heavy atom. The van der Waals surface area contributed by atoms with Crippen molar-refractivity contribution < 1.29 is 14.3 Å². The first kappa shape index (κ1) is 16.7. The fourth-order valence-corrected chi connectivity index (χ4v) is 2.55. The van der Waals surface area contributed by atoms with Crippen molar-refractivity contribution in [2.75, 3.05) is 14.2 Å². The molecule has 0 fully saturated rings. The number of rotatable bonds is 6. The van der Waals surface area contributed by atoms with E-state index in [1.165, 1.54) is 18.3 Å². The van der Waals surface area contributed by atoms with Crippen LogP contribution in [0.15, 0.2) is 34.9 Å². The molecule has 0 heterocycles. The molecule has 1 rings (SSSR count). The van der Waals surface area contributed by atoms with Gasteiger partial charge in [0.05, 0.1) is 18.8 Å². The molecule has 0 aliphatic heterocycles. The second-order valence-electron chi connectivity index (χ2n) is 5.54. The van der Waals surface area contributed by atoms with Crippen LogP contribution in [0.3, 0.4) is 0 Å². The molecule has 0 aromatic carbocycles. The Bertz CT molecular complexity index is 426. The van der Waals surface area contributed by atoms with E-state index in [9.17, 15) is 4.79 Å². The molecule has 0 unspecified atom stereocenters. The Balaban J connectivity index is 2.64. The van der Waals surface area contributed by atoms with Crippen LogP contribution in [0.25, 0.3) is 0 Å². The smallest absolute Gasteiger partial charge is 0.336 e. The van der Waals surface area contributed by atoms with E-state index in [-0.39, 0.29) is 18.0 Å². The monoisotopic (exact) mass is 278 g/mol. The predicted octanol–water partition coefficient (Wildman–Crippen LogP) is 3.81. The average molecular weight is 278 g/mol. The number of methoxy groups -OCH3 is 2. The van der Waals surface area contributed by atoms with Gasteiger partial charge in [-0.15, -0.1) is 0 Å². The molecule has 2 atom stereocenters. The Morgan fingerprint density at radius 1 is 1.35 bits per heavy atom. The summed E-state index contributed by atoms with van der Waals surface area (Å²) in [5.74, 6) is -0.0456. The highest BCUT2D eigenvalue weighted by molar-refractivity contribution is 5.90. The van der Waals surface area contributed by atoms with E-state index in [2.05, 4.69) is 32.9 Å². The molecule has 1 aliphatic carbocycles. The molecule has 3 nitrogen and oxygen atoms in total. The van der Waals surface area contributed by atoms with E-state index in [4.69, 9.17) is 9.47 Å². The van der Waals surface area contributed by atoms with Crippen LogP contribution < -0.4 is 0 Å². The molecule has 0 aromatic heterocycles. The van der Waals surface area contributed by atoms with Crippen molar-refractivity contribution in [1.29, 1.82) is 0 Å². The minimum Gasteiger partial charge on any atom is -0.466 e. The topological polar surface area (TPSA) is 35.5 Å². The van der Waals surface area contributed by atoms with Crippen LogP contribution >= 0.6 is 0 Å². The molecule has 0 aromatic rings. The van der Waals surface area contributed by atoms with Gasteiger partial charge >= 0.3 is 5.97 Å². The van der Waals surface area contributed by atoms with Crippen molar-refractivity contribution in [2.45, 2.75) is 46.1 Å². The first-order valence-electron chi connectivity index (χ1n) is 7.11. The molecule has 0 N–H and O–H groups in total. The molecular weight excluding hydrogens is 252 g/mol. The Kier molecular flexibility index (Phi) is 6.73. The lowest BCUT2D eigenvalue weighted by molar-refractivity contribution is -0.137. The van der Waals surface area contributed by atoms with Gasteiger partial charge in [0.1, 0.15) is 0 Å². The Hall–Kier alpha value is -1.35. The third-order valence-electron chi connectivity index (χ3n) is 3.57. The maximum atomic E-state index is 11.7. The number of esters is 1. The molecule has 1 aliphatic rings. The number of allylic oxidation sites excluding steroid dienone is 4. The minimum absolute atomic E-state index is 0.180. The van der Waals surface area contributed by atoms with E-state index in [0.717, 1.165) is 19.3 Å². The molecule has 0 bridgehead atoms. The Labute approximate surface area is 122 Å². The first-order chi connectivity index (χ1) is 9.49. The summed E-state index contributed by atoms with van der Waals surface area (Å²) in [4.78, 5) is 11.7. The van der Waals surface area contributed by atoms with E-state index in [1.54, 1.807) is 7.11 Å². The second kappa shape index (κ2) is 8.05. The molecule has 0 radical (unpaired) electrons. The molecular formula is C17H26O3. The number of carbonyl (C=O) groups is 1. The third kappa shape index (κ3) is 4.64. The van der Waals surface area contributed by atoms with Gasteiger partial charge in [-0.3, -0.25) is 0 Å². The van der Waals surface area contributed by atoms with Crippen molar-refractivity contribution in [2.24, 2.45) is 5.92 Å². The third-order valence-corrected chi connectivity index (χ3v) is 3.57. The summed E-state index contributed by atoms with van der Waals surface area (Å²) in [6.07, 6.45) is 9.18. The molecule has 112 valence electrons. The highest BCUT2D eigenvalue weighted by atomic mass is 16.5. The summed E-state index contributed by atoms with van der Waals surface area (Å²) in [6.45, 7) is 6.37. The van der Waals surface area contributed by atoms with Gasteiger partial charge in [0.25, 0.3) is 0 Å². The molecule has 0 saturated heterocycles. The molecule has 0 amide bonds. The maximum absolute atomic E-state index is 11.7. The lowest BCUT2D eigenvalue weighted by Gasteiger charge is -2.18. The summed E-state index contributed by atoms with van der Waals surface area (Å²) in [7, 11) is 3.05. The van der Waals surface area contributed by atoms with Crippen LogP contribution in [0.5, 0.6) is 0 Å². The molecule has 20 heavy (non-hydrogen) atoms. The van der Waals surface area contributed by atoms with Gasteiger partial charge in [-0.05, 0) is 40.0 Å². The van der Waals surface area contributed by atoms with Crippen LogP contribution in [0.4, 0.5) is 0 Å². The lowest BCUT2D eigenvalue weighted by atomic mass is 9.97. The summed E-state index contributed by atoms with van der Waals surface area (Å²) >= 11 is 0. The van der Waals surface area contributed by atoms with Crippen molar-refractivity contribution in [3.05, 3.63) is 34.9 Å². The fourth-order valence-electron chi connectivity index (χ4n) is 2.55. The molecule has 0 spiro atoms. The SMILES string of the molecule is COC(=O)C1=CC[C@@H](/C=C(\C)CCC=C(C)C)[C@H]1OC. The summed E-state index contributed by atoms with van der Waals surface area (Å²) in [6, 6.07) is 0. The van der Waals surface area contributed by atoms with Crippen LogP contribution in [-0.2, 0) is 14.3 Å². The van der Waals surface area contributed by atoms with Crippen molar-refractivity contribution >= 4 is 5.97 Å². The van der Waals surface area contributed by atoms with E-state index in [1.807, 2.05) is 6.08 Å². The van der Waals surface area contributed by atoms with Gasteiger partial charge in [-0.25, -0.2) is 4.79 Å². The number of hydrogen-bond donors (Lipinski definition) is 0. The normalized spacial score (nSPS) is 22.4. The minimum atomic E-state index is -0.282. The molecule has 0 saturated carbocycles. The Morgan fingerprint density at radius 2 is 2.05 bits per heavy atom. The van der Waals surface area contributed by atoms with Crippen molar-refractivity contribution in [3.8, 4) is 0 Å². The van der Waals surface area contributed by atoms with Crippen LogP contribution in [-0.4, -0.2) is 26.3 Å². The average Bonchev–Trinajstić information content (AvgIpc) is 2.80. The van der Waals surface area contributed by atoms with Crippen LogP contribution in [0.1, 0.15) is 40.0 Å². The van der Waals surface area contributed by atoms with E-state index < -0.39 is 0 Å². The maximum Gasteiger partial charge on any atom is 0.336 e. The van der Waals surface area contributed by atoms with E-state index in [0.29, 0.717) is 5.57 Å². The van der Waals surface area contributed by atoms with Gasteiger partial charge < -0.3 is 9.47 Å². The van der Waals surface area contributed by atoms with Crippen LogP contribution in [0, 0.1) is 5.92 Å². The van der Waals surface area contributed by atoms with Gasteiger partial charge in [-0.2, -0.15) is 0 Å². The number of carbonyl (C=O) groups excluding carboxylic acids is 1. The molecule has 3 heteroatoms. The standard InChI is InChI=1S/C17H26O3/c1-12(2)7-6-8-13(3)11-14-9-10-15(16(14)19-4)17(18)20-5/h7,10-11,14,16H,6,8-9H2,1-5H3/b13-11+/t14-,16+/m0/s1. The van der Waals surface area contributed by atoms with Crippen molar-refractivity contribution in [3.63, 3.8) is 0 Å². The summed E-state index contributed by atoms with van der Waals surface area (Å²) < 4.78 is 10.3. The highest BCUT2D eigenvalue weighted by Gasteiger charge is 2.32. The van der Waals surface area contributed by atoms with Crippen LogP contribution in [0.2, 0.25) is 0 Å². The zero-order chi connectivity index (χ0) is 15.1. The largest absolute Gasteiger partial charge is 0.466 e. The van der Waals surface area contributed by atoms with Gasteiger partial charge in [0.15, 0.2) is 0 Å². The number of hydrogen-bond acceptors (Lipinski definition) is 3. The number of ether oxygens (including phenoxy) is 2. The summed E-state index contributed by atoms with van der Waals surface area (Å²) in [5, 5.41) is 0. The summed E-state index contributed by atoms with van der Waals surface area (Å²) in [5.41, 5.74) is 3.34. The van der Waals surface area contributed by atoms with Crippen molar-refractivity contribution in [1.82, 2.24) is 0 Å². The lowest BCUT2D eigenvalue weighted by Crippen LogP contribution is -2.24. The highest BCUT2D eigenvalue weighted by Crippen LogP contribution is 2.31. The predicted molar refractivity (Wildman–Crippen MR) is 81.4 cm³/mol. The second-order valence-corrected chi connectivity index (χ2v) is 5.54. The first-order valence-corrected chi connectivity index (χ1v) is 7.11. The van der Waals surface area contributed by atoms with Gasteiger partial charge in [-0.1, -0.05) is 29.4 Å². The zero-order valence-corrected chi connectivity index (χ0v) is 13.2.